The monoisotopic (exact) mass is 252 g/mol. The van der Waals surface area contributed by atoms with Crippen LogP contribution in [0.15, 0.2) is 29.4 Å². The SMILES string of the molecule is COC(C)Oc1ccc(-n2nnnc2S)cc1. The molecule has 2 aromatic rings. The smallest absolute Gasteiger partial charge is 0.211 e. The van der Waals surface area contributed by atoms with E-state index in [0.29, 0.717) is 5.16 Å². The number of hydrogen-bond acceptors (Lipinski definition) is 6. The average Bonchev–Trinajstić information content (AvgIpc) is 2.76. The highest BCUT2D eigenvalue weighted by molar-refractivity contribution is 7.80. The minimum atomic E-state index is -0.283. The lowest BCUT2D eigenvalue weighted by Crippen LogP contribution is -2.13. The number of methoxy groups -OCH3 is 1. The number of thiol groups is 1. The first-order valence-electron chi connectivity index (χ1n) is 4.98. The van der Waals surface area contributed by atoms with E-state index in [1.54, 1.807) is 7.11 Å². The van der Waals surface area contributed by atoms with E-state index in [1.165, 1.54) is 4.68 Å². The van der Waals surface area contributed by atoms with Crippen molar-refractivity contribution in [3.63, 3.8) is 0 Å². The molecule has 1 aromatic carbocycles. The Morgan fingerprint density at radius 2 is 2.00 bits per heavy atom. The molecule has 0 amide bonds. The molecule has 1 heterocycles. The van der Waals surface area contributed by atoms with Crippen LogP contribution < -0.4 is 4.74 Å². The number of aromatic nitrogens is 4. The maximum Gasteiger partial charge on any atom is 0.211 e. The summed E-state index contributed by atoms with van der Waals surface area (Å²) >= 11 is 4.13. The summed E-state index contributed by atoms with van der Waals surface area (Å²) in [7, 11) is 1.59. The lowest BCUT2D eigenvalue weighted by Gasteiger charge is -2.12. The fourth-order valence-corrected chi connectivity index (χ4v) is 1.45. The van der Waals surface area contributed by atoms with Crippen LogP contribution in [0.2, 0.25) is 0 Å². The summed E-state index contributed by atoms with van der Waals surface area (Å²) in [6.07, 6.45) is -0.283. The molecule has 17 heavy (non-hydrogen) atoms. The van der Waals surface area contributed by atoms with Crippen molar-refractivity contribution in [3.8, 4) is 11.4 Å². The van der Waals surface area contributed by atoms with Crippen LogP contribution in [0.25, 0.3) is 5.69 Å². The Balaban J connectivity index is 2.16. The Morgan fingerprint density at radius 1 is 1.29 bits per heavy atom. The topological polar surface area (TPSA) is 62.1 Å². The second kappa shape index (κ2) is 5.15. The largest absolute Gasteiger partial charge is 0.465 e. The van der Waals surface area contributed by atoms with Crippen molar-refractivity contribution in [2.45, 2.75) is 18.4 Å². The number of rotatable bonds is 4. The maximum atomic E-state index is 5.46. The first-order valence-corrected chi connectivity index (χ1v) is 5.42. The van der Waals surface area contributed by atoms with Gasteiger partial charge in [-0.25, -0.2) is 0 Å². The van der Waals surface area contributed by atoms with Crippen LogP contribution in [0, 0.1) is 0 Å². The van der Waals surface area contributed by atoms with Gasteiger partial charge in [-0.05, 0) is 41.6 Å². The highest BCUT2D eigenvalue weighted by Gasteiger charge is 2.05. The van der Waals surface area contributed by atoms with Crippen LogP contribution in [-0.4, -0.2) is 33.6 Å². The van der Waals surface area contributed by atoms with Crippen molar-refractivity contribution in [3.05, 3.63) is 24.3 Å². The zero-order valence-electron chi connectivity index (χ0n) is 9.44. The van der Waals surface area contributed by atoms with Gasteiger partial charge in [-0.1, -0.05) is 0 Å². The normalized spacial score (nSPS) is 12.4. The average molecular weight is 252 g/mol. The Morgan fingerprint density at radius 3 is 2.53 bits per heavy atom. The number of hydrogen-bond donors (Lipinski definition) is 1. The van der Waals surface area contributed by atoms with Crippen molar-refractivity contribution in [2.24, 2.45) is 0 Å². The van der Waals surface area contributed by atoms with Gasteiger partial charge in [0.2, 0.25) is 5.16 Å². The van der Waals surface area contributed by atoms with E-state index in [0.717, 1.165) is 11.4 Å². The minimum absolute atomic E-state index is 0.283. The van der Waals surface area contributed by atoms with Gasteiger partial charge in [0.15, 0.2) is 6.29 Å². The second-order valence-corrected chi connectivity index (χ2v) is 3.71. The fraction of sp³-hybridized carbons (Fsp3) is 0.300. The van der Waals surface area contributed by atoms with Gasteiger partial charge in [0, 0.05) is 7.11 Å². The molecule has 90 valence electrons. The molecule has 0 aliphatic heterocycles. The van der Waals surface area contributed by atoms with Crippen LogP contribution in [0.5, 0.6) is 5.75 Å². The molecule has 0 saturated heterocycles. The third-order valence-corrected chi connectivity index (χ3v) is 2.45. The molecule has 6 nitrogen and oxygen atoms in total. The van der Waals surface area contributed by atoms with E-state index in [9.17, 15) is 0 Å². The molecule has 0 radical (unpaired) electrons. The zero-order chi connectivity index (χ0) is 12.3. The van der Waals surface area contributed by atoms with Gasteiger partial charge in [0.05, 0.1) is 5.69 Å². The maximum absolute atomic E-state index is 5.46. The van der Waals surface area contributed by atoms with Crippen molar-refractivity contribution in [1.82, 2.24) is 20.2 Å². The molecule has 2 rings (SSSR count). The quantitative estimate of drug-likeness (QED) is 0.657. The van der Waals surface area contributed by atoms with Gasteiger partial charge in [0.1, 0.15) is 5.75 Å². The van der Waals surface area contributed by atoms with Crippen molar-refractivity contribution < 1.29 is 9.47 Å². The number of nitrogens with zero attached hydrogens (tertiary/aromatic N) is 4. The summed E-state index contributed by atoms with van der Waals surface area (Å²) < 4.78 is 12.0. The third kappa shape index (κ3) is 2.75. The van der Waals surface area contributed by atoms with Crippen molar-refractivity contribution >= 4 is 12.6 Å². The molecule has 0 aliphatic rings. The number of benzene rings is 1. The number of ether oxygens (including phenoxy) is 2. The van der Waals surface area contributed by atoms with Crippen LogP contribution >= 0.6 is 12.6 Å². The highest BCUT2D eigenvalue weighted by atomic mass is 32.1. The molecular weight excluding hydrogens is 240 g/mol. The fourth-order valence-electron chi connectivity index (χ4n) is 1.26. The van der Waals surface area contributed by atoms with Gasteiger partial charge in [-0.3, -0.25) is 0 Å². The molecule has 7 heteroatoms. The van der Waals surface area contributed by atoms with Crippen LogP contribution in [0.3, 0.4) is 0 Å². The summed E-state index contributed by atoms with van der Waals surface area (Å²) in [5.74, 6) is 0.719. The van der Waals surface area contributed by atoms with E-state index in [-0.39, 0.29) is 6.29 Å². The van der Waals surface area contributed by atoms with Crippen LogP contribution in [-0.2, 0) is 4.74 Å². The Kier molecular flexibility index (Phi) is 3.60. The van der Waals surface area contributed by atoms with Crippen molar-refractivity contribution in [2.75, 3.05) is 7.11 Å². The van der Waals surface area contributed by atoms with E-state index >= 15 is 0 Å². The highest BCUT2D eigenvalue weighted by Crippen LogP contribution is 2.17. The van der Waals surface area contributed by atoms with E-state index < -0.39 is 0 Å². The molecule has 0 aliphatic carbocycles. The van der Waals surface area contributed by atoms with Gasteiger partial charge in [-0.2, -0.15) is 4.68 Å². The molecule has 0 saturated carbocycles. The number of tetrazole rings is 1. The molecule has 0 fully saturated rings. The third-order valence-electron chi connectivity index (χ3n) is 2.17. The van der Waals surface area contributed by atoms with Crippen molar-refractivity contribution in [1.29, 1.82) is 0 Å². The Bertz CT molecular complexity index is 485. The summed E-state index contributed by atoms with van der Waals surface area (Å²) in [6.45, 7) is 1.82. The molecule has 0 N–H and O–H groups in total. The first kappa shape index (κ1) is 11.9. The van der Waals surface area contributed by atoms with E-state index in [2.05, 4.69) is 28.2 Å². The minimum Gasteiger partial charge on any atom is -0.465 e. The Labute approximate surface area is 104 Å². The van der Waals surface area contributed by atoms with E-state index in [1.807, 2.05) is 31.2 Å². The molecule has 0 bridgehead atoms. The lowest BCUT2D eigenvalue weighted by atomic mass is 10.3. The molecular formula is C10H12N4O2S. The lowest BCUT2D eigenvalue weighted by molar-refractivity contribution is -0.0382. The van der Waals surface area contributed by atoms with Gasteiger partial charge >= 0.3 is 0 Å². The molecule has 0 spiro atoms. The summed E-state index contributed by atoms with van der Waals surface area (Å²) in [5, 5.41) is 11.5. The summed E-state index contributed by atoms with van der Waals surface area (Å²) in [6, 6.07) is 7.32. The van der Waals surface area contributed by atoms with Crippen LogP contribution in [0.1, 0.15) is 6.92 Å². The van der Waals surface area contributed by atoms with Gasteiger partial charge in [-0.15, -0.1) is 17.7 Å². The van der Waals surface area contributed by atoms with Gasteiger partial charge in [0.25, 0.3) is 0 Å². The molecule has 1 aromatic heterocycles. The standard InChI is InChI=1S/C10H12N4O2S/c1-7(15-2)16-9-5-3-8(4-6-9)14-10(17)11-12-13-14/h3-7H,1-2H3,(H,11,13,17). The van der Waals surface area contributed by atoms with Gasteiger partial charge < -0.3 is 9.47 Å². The zero-order valence-corrected chi connectivity index (χ0v) is 10.3. The molecule has 1 unspecified atom stereocenters. The Hall–Kier alpha value is -1.60. The predicted octanol–water partition coefficient (Wildman–Crippen LogP) is 1.32. The second-order valence-electron chi connectivity index (χ2n) is 3.31. The van der Waals surface area contributed by atoms with E-state index in [4.69, 9.17) is 9.47 Å². The summed E-state index contributed by atoms with van der Waals surface area (Å²) in [5.41, 5.74) is 0.817. The predicted molar refractivity (Wildman–Crippen MR) is 63.5 cm³/mol. The summed E-state index contributed by atoms with van der Waals surface area (Å²) in [4.78, 5) is 0. The molecule has 1 atom stereocenters. The first-order chi connectivity index (χ1) is 8.20. The van der Waals surface area contributed by atoms with Crippen LogP contribution in [0.4, 0.5) is 0 Å².